The van der Waals surface area contributed by atoms with Crippen molar-refractivity contribution < 1.29 is 5.11 Å². The number of hydrogen-bond donors (Lipinski definition) is 1. The van der Waals surface area contributed by atoms with Crippen LogP contribution < -0.4 is 0 Å². The standard InChI is InChI=1S/C12H16O/c1-8-2-3-9-4-5-11(13)12(9)7-6-10(8)12/h2-3,6-11,13H,4-5H2,1H3/t8-,9-,10-,11-,12?/m1/s1. The molecule has 0 bridgehead atoms. The molecule has 70 valence electrons. The first-order valence-corrected chi connectivity index (χ1v) is 5.31. The smallest absolute Gasteiger partial charge is 0.0642 e. The molecule has 1 N–H and O–H groups in total. The van der Waals surface area contributed by atoms with E-state index in [2.05, 4.69) is 31.2 Å². The van der Waals surface area contributed by atoms with Crippen LogP contribution in [0.3, 0.4) is 0 Å². The Hall–Kier alpha value is -0.560. The monoisotopic (exact) mass is 176 g/mol. The summed E-state index contributed by atoms with van der Waals surface area (Å²) in [5, 5.41) is 10.0. The Labute approximate surface area is 79.2 Å². The zero-order valence-corrected chi connectivity index (χ0v) is 7.98. The minimum atomic E-state index is -0.0834. The summed E-state index contributed by atoms with van der Waals surface area (Å²) in [4.78, 5) is 0. The van der Waals surface area contributed by atoms with Crippen molar-refractivity contribution in [2.24, 2.45) is 23.2 Å². The number of hydrogen-bond acceptors (Lipinski definition) is 1. The van der Waals surface area contributed by atoms with E-state index in [1.807, 2.05) is 0 Å². The maximum atomic E-state index is 10.0. The molecule has 5 atom stereocenters. The quantitative estimate of drug-likeness (QED) is 0.561. The van der Waals surface area contributed by atoms with Crippen molar-refractivity contribution in [3.05, 3.63) is 24.3 Å². The van der Waals surface area contributed by atoms with E-state index in [-0.39, 0.29) is 11.5 Å². The van der Waals surface area contributed by atoms with Crippen molar-refractivity contribution in [3.63, 3.8) is 0 Å². The third-order valence-electron chi connectivity index (χ3n) is 4.35. The molecule has 0 aromatic carbocycles. The van der Waals surface area contributed by atoms with Crippen LogP contribution in [0.5, 0.6) is 0 Å². The van der Waals surface area contributed by atoms with Gasteiger partial charge >= 0.3 is 0 Å². The molecule has 1 nitrogen and oxygen atoms in total. The topological polar surface area (TPSA) is 20.2 Å². The second-order valence-corrected chi connectivity index (χ2v) is 4.83. The summed E-state index contributed by atoms with van der Waals surface area (Å²) >= 11 is 0. The fraction of sp³-hybridized carbons (Fsp3) is 0.667. The average molecular weight is 176 g/mol. The first-order chi connectivity index (χ1) is 6.25. The predicted octanol–water partition coefficient (Wildman–Crippen LogP) is 2.14. The van der Waals surface area contributed by atoms with Gasteiger partial charge < -0.3 is 5.11 Å². The zero-order chi connectivity index (χ0) is 9.05. The van der Waals surface area contributed by atoms with E-state index in [0.29, 0.717) is 17.8 Å². The Morgan fingerprint density at radius 3 is 2.77 bits per heavy atom. The second kappa shape index (κ2) is 2.27. The fourth-order valence-electron chi connectivity index (χ4n) is 3.54. The molecule has 0 aromatic heterocycles. The summed E-state index contributed by atoms with van der Waals surface area (Å²) in [6, 6.07) is 0. The molecule has 0 heterocycles. The van der Waals surface area contributed by atoms with Gasteiger partial charge in [0.05, 0.1) is 6.10 Å². The highest BCUT2D eigenvalue weighted by Crippen LogP contribution is 2.60. The van der Waals surface area contributed by atoms with Gasteiger partial charge in [0.25, 0.3) is 0 Å². The van der Waals surface area contributed by atoms with Gasteiger partial charge in [0, 0.05) is 5.41 Å². The Morgan fingerprint density at radius 1 is 1.23 bits per heavy atom. The van der Waals surface area contributed by atoms with Crippen LogP contribution in [0.4, 0.5) is 0 Å². The molecule has 3 aliphatic carbocycles. The molecule has 3 aliphatic rings. The molecule has 3 rings (SSSR count). The van der Waals surface area contributed by atoms with Crippen molar-refractivity contribution in [2.75, 3.05) is 0 Å². The molecule has 1 unspecified atom stereocenters. The van der Waals surface area contributed by atoms with Gasteiger partial charge in [-0.15, -0.1) is 0 Å². The molecule has 0 saturated heterocycles. The van der Waals surface area contributed by atoms with Crippen molar-refractivity contribution in [3.8, 4) is 0 Å². The van der Waals surface area contributed by atoms with Crippen LogP contribution in [0.25, 0.3) is 0 Å². The van der Waals surface area contributed by atoms with Crippen LogP contribution in [0.2, 0.25) is 0 Å². The lowest BCUT2D eigenvalue weighted by atomic mass is 9.54. The van der Waals surface area contributed by atoms with Crippen molar-refractivity contribution >= 4 is 0 Å². The minimum absolute atomic E-state index is 0.0834. The Balaban J connectivity index is 2.07. The van der Waals surface area contributed by atoms with Crippen LogP contribution >= 0.6 is 0 Å². The molecule has 13 heavy (non-hydrogen) atoms. The van der Waals surface area contributed by atoms with Crippen molar-refractivity contribution in [1.29, 1.82) is 0 Å². The van der Waals surface area contributed by atoms with E-state index in [4.69, 9.17) is 0 Å². The summed E-state index contributed by atoms with van der Waals surface area (Å²) in [6.07, 6.45) is 11.3. The first-order valence-electron chi connectivity index (χ1n) is 5.31. The highest BCUT2D eigenvalue weighted by atomic mass is 16.3. The van der Waals surface area contributed by atoms with Crippen LogP contribution in [0, 0.1) is 23.2 Å². The summed E-state index contributed by atoms with van der Waals surface area (Å²) in [5.41, 5.74) is 0.147. The van der Waals surface area contributed by atoms with E-state index in [0.717, 1.165) is 6.42 Å². The summed E-state index contributed by atoms with van der Waals surface area (Å²) < 4.78 is 0. The maximum Gasteiger partial charge on any atom is 0.0642 e. The van der Waals surface area contributed by atoms with Crippen LogP contribution in [-0.4, -0.2) is 11.2 Å². The number of allylic oxidation sites excluding steroid dienone is 3. The van der Waals surface area contributed by atoms with Gasteiger partial charge in [0.1, 0.15) is 0 Å². The van der Waals surface area contributed by atoms with E-state index in [9.17, 15) is 5.11 Å². The van der Waals surface area contributed by atoms with E-state index in [1.165, 1.54) is 6.42 Å². The molecular formula is C12H16O. The number of rotatable bonds is 0. The lowest BCUT2D eigenvalue weighted by Crippen LogP contribution is -2.49. The van der Waals surface area contributed by atoms with Gasteiger partial charge in [-0.3, -0.25) is 0 Å². The third kappa shape index (κ3) is 0.727. The lowest BCUT2D eigenvalue weighted by Gasteiger charge is -2.51. The van der Waals surface area contributed by atoms with E-state index >= 15 is 0 Å². The molecule has 1 spiro atoms. The number of aliphatic hydroxyl groups excluding tert-OH is 1. The maximum absolute atomic E-state index is 10.0. The van der Waals surface area contributed by atoms with Gasteiger partial charge in [-0.2, -0.15) is 0 Å². The molecule has 1 fully saturated rings. The summed E-state index contributed by atoms with van der Waals surface area (Å²) in [6.45, 7) is 2.26. The van der Waals surface area contributed by atoms with Crippen LogP contribution in [0.1, 0.15) is 19.8 Å². The van der Waals surface area contributed by atoms with Crippen molar-refractivity contribution in [1.82, 2.24) is 0 Å². The zero-order valence-electron chi connectivity index (χ0n) is 7.98. The van der Waals surface area contributed by atoms with Crippen LogP contribution in [-0.2, 0) is 0 Å². The highest BCUT2D eigenvalue weighted by Gasteiger charge is 2.57. The Morgan fingerprint density at radius 2 is 2.08 bits per heavy atom. The van der Waals surface area contributed by atoms with Gasteiger partial charge in [-0.25, -0.2) is 0 Å². The second-order valence-electron chi connectivity index (χ2n) is 4.83. The average Bonchev–Trinajstić information content (AvgIpc) is 2.38. The molecular weight excluding hydrogens is 160 g/mol. The predicted molar refractivity (Wildman–Crippen MR) is 52.1 cm³/mol. The molecule has 0 aliphatic heterocycles. The molecule has 0 amide bonds. The molecule has 1 heteroatoms. The molecule has 0 aromatic rings. The molecule has 0 radical (unpaired) electrons. The van der Waals surface area contributed by atoms with Gasteiger partial charge in [-0.05, 0) is 30.6 Å². The first kappa shape index (κ1) is 7.81. The van der Waals surface area contributed by atoms with Crippen LogP contribution in [0.15, 0.2) is 24.3 Å². The van der Waals surface area contributed by atoms with Gasteiger partial charge in [0.2, 0.25) is 0 Å². The van der Waals surface area contributed by atoms with E-state index in [1.54, 1.807) is 0 Å². The lowest BCUT2D eigenvalue weighted by molar-refractivity contribution is 0.00625. The SMILES string of the molecule is C[C@@H]1C=C[C@@H]2CC[C@@H](O)C23C=C[C@H]13. The highest BCUT2D eigenvalue weighted by molar-refractivity contribution is 5.32. The van der Waals surface area contributed by atoms with Gasteiger partial charge in [0.15, 0.2) is 0 Å². The Bertz CT molecular complexity index is 291. The third-order valence-corrected chi connectivity index (χ3v) is 4.35. The Kier molecular flexibility index (Phi) is 1.36. The van der Waals surface area contributed by atoms with Crippen molar-refractivity contribution in [2.45, 2.75) is 25.9 Å². The summed E-state index contributed by atoms with van der Waals surface area (Å²) in [5.74, 6) is 1.85. The fourth-order valence-corrected chi connectivity index (χ4v) is 3.54. The summed E-state index contributed by atoms with van der Waals surface area (Å²) in [7, 11) is 0. The molecule has 1 saturated carbocycles. The number of aliphatic hydroxyl groups is 1. The largest absolute Gasteiger partial charge is 0.392 e. The minimum Gasteiger partial charge on any atom is -0.392 e. The van der Waals surface area contributed by atoms with E-state index < -0.39 is 0 Å². The van der Waals surface area contributed by atoms with Gasteiger partial charge in [-0.1, -0.05) is 31.2 Å². The normalized spacial score (nSPS) is 57.1.